The third kappa shape index (κ3) is 3.15. The van der Waals surface area contributed by atoms with Gasteiger partial charge in [-0.3, -0.25) is 0 Å². The SMILES string of the molecule is Nc1cccc(CSCCO)c1. The molecule has 0 amide bonds. The molecule has 1 aromatic rings. The molecular weight excluding hydrogens is 170 g/mol. The minimum absolute atomic E-state index is 0.243. The number of aliphatic hydroxyl groups excluding tert-OH is 1. The van der Waals surface area contributed by atoms with Gasteiger partial charge in [-0.05, 0) is 17.7 Å². The summed E-state index contributed by atoms with van der Waals surface area (Å²) in [7, 11) is 0. The second-order valence-electron chi connectivity index (χ2n) is 2.52. The standard InChI is InChI=1S/C9H13NOS/c10-9-3-1-2-8(6-9)7-12-5-4-11/h1-3,6,11H,4-5,7,10H2. The van der Waals surface area contributed by atoms with Crippen molar-refractivity contribution >= 4 is 17.4 Å². The summed E-state index contributed by atoms with van der Waals surface area (Å²) < 4.78 is 0. The second kappa shape index (κ2) is 5.06. The maximum absolute atomic E-state index is 8.55. The van der Waals surface area contributed by atoms with Crippen molar-refractivity contribution in [2.75, 3.05) is 18.1 Å². The van der Waals surface area contributed by atoms with Gasteiger partial charge < -0.3 is 10.8 Å². The first kappa shape index (κ1) is 9.42. The molecule has 2 nitrogen and oxygen atoms in total. The van der Waals surface area contributed by atoms with E-state index in [-0.39, 0.29) is 6.61 Å². The molecule has 0 aliphatic carbocycles. The Morgan fingerprint density at radius 2 is 2.25 bits per heavy atom. The van der Waals surface area contributed by atoms with Crippen LogP contribution in [-0.2, 0) is 5.75 Å². The van der Waals surface area contributed by atoms with Crippen LogP contribution < -0.4 is 5.73 Å². The molecular formula is C9H13NOS. The summed E-state index contributed by atoms with van der Waals surface area (Å²) in [6.07, 6.45) is 0. The van der Waals surface area contributed by atoms with Crippen molar-refractivity contribution in [1.29, 1.82) is 0 Å². The van der Waals surface area contributed by atoms with Gasteiger partial charge in [0, 0.05) is 17.2 Å². The van der Waals surface area contributed by atoms with Gasteiger partial charge in [-0.2, -0.15) is 11.8 Å². The maximum Gasteiger partial charge on any atom is 0.0521 e. The fraction of sp³-hybridized carbons (Fsp3) is 0.333. The molecule has 0 spiro atoms. The Labute approximate surface area is 76.8 Å². The molecule has 0 radical (unpaired) electrons. The third-order valence-electron chi connectivity index (χ3n) is 1.46. The van der Waals surface area contributed by atoms with E-state index in [1.807, 2.05) is 24.3 Å². The molecule has 1 aromatic carbocycles. The highest BCUT2D eigenvalue weighted by Crippen LogP contribution is 2.13. The lowest BCUT2D eigenvalue weighted by molar-refractivity contribution is 0.322. The number of benzene rings is 1. The van der Waals surface area contributed by atoms with Crippen molar-refractivity contribution in [2.45, 2.75) is 5.75 Å². The van der Waals surface area contributed by atoms with Gasteiger partial charge in [0.15, 0.2) is 0 Å². The van der Waals surface area contributed by atoms with Gasteiger partial charge >= 0.3 is 0 Å². The van der Waals surface area contributed by atoms with Gasteiger partial charge in [-0.15, -0.1) is 0 Å². The van der Waals surface area contributed by atoms with Gasteiger partial charge in [-0.1, -0.05) is 12.1 Å². The van der Waals surface area contributed by atoms with E-state index in [4.69, 9.17) is 10.8 Å². The average Bonchev–Trinajstić information content (AvgIpc) is 2.05. The monoisotopic (exact) mass is 183 g/mol. The van der Waals surface area contributed by atoms with E-state index in [2.05, 4.69) is 0 Å². The van der Waals surface area contributed by atoms with Gasteiger partial charge in [0.2, 0.25) is 0 Å². The minimum Gasteiger partial charge on any atom is -0.399 e. The summed E-state index contributed by atoms with van der Waals surface area (Å²) in [6, 6.07) is 7.83. The largest absolute Gasteiger partial charge is 0.399 e. The number of hydrogen-bond acceptors (Lipinski definition) is 3. The Balaban J connectivity index is 2.41. The predicted octanol–water partition coefficient (Wildman–Crippen LogP) is 1.49. The summed E-state index contributed by atoms with van der Waals surface area (Å²) in [5, 5.41) is 8.55. The van der Waals surface area contributed by atoms with E-state index in [1.54, 1.807) is 11.8 Å². The van der Waals surface area contributed by atoms with Crippen LogP contribution in [0.1, 0.15) is 5.56 Å². The molecule has 0 saturated heterocycles. The number of aliphatic hydroxyl groups is 1. The van der Waals surface area contributed by atoms with Crippen molar-refractivity contribution in [1.82, 2.24) is 0 Å². The van der Waals surface area contributed by atoms with E-state index >= 15 is 0 Å². The van der Waals surface area contributed by atoms with E-state index in [0.29, 0.717) is 0 Å². The topological polar surface area (TPSA) is 46.2 Å². The molecule has 1 rings (SSSR count). The van der Waals surface area contributed by atoms with Crippen molar-refractivity contribution in [2.24, 2.45) is 0 Å². The first-order valence-corrected chi connectivity index (χ1v) is 5.01. The molecule has 0 atom stereocenters. The summed E-state index contributed by atoms with van der Waals surface area (Å²) in [6.45, 7) is 0.243. The quantitative estimate of drug-likeness (QED) is 0.549. The smallest absolute Gasteiger partial charge is 0.0521 e. The van der Waals surface area contributed by atoms with Crippen molar-refractivity contribution in [3.8, 4) is 0 Å². The average molecular weight is 183 g/mol. The summed E-state index contributed by atoms with van der Waals surface area (Å²) in [5.74, 6) is 1.71. The van der Waals surface area contributed by atoms with Crippen LogP contribution in [0, 0.1) is 0 Å². The minimum atomic E-state index is 0.243. The predicted molar refractivity (Wildman–Crippen MR) is 54.1 cm³/mol. The van der Waals surface area contributed by atoms with E-state index in [1.165, 1.54) is 5.56 Å². The number of nitrogen functional groups attached to an aromatic ring is 1. The van der Waals surface area contributed by atoms with Crippen LogP contribution >= 0.6 is 11.8 Å². The highest BCUT2D eigenvalue weighted by Gasteiger charge is 1.92. The molecule has 0 saturated carbocycles. The molecule has 12 heavy (non-hydrogen) atoms. The van der Waals surface area contributed by atoms with Crippen LogP contribution in [0.15, 0.2) is 24.3 Å². The van der Waals surface area contributed by atoms with Crippen LogP contribution in [0.5, 0.6) is 0 Å². The Hall–Kier alpha value is -0.670. The van der Waals surface area contributed by atoms with Gasteiger partial charge in [0.05, 0.1) is 6.61 Å². The molecule has 0 aromatic heterocycles. The Bertz CT molecular complexity index is 240. The fourth-order valence-corrected chi connectivity index (χ4v) is 1.63. The van der Waals surface area contributed by atoms with Crippen LogP contribution in [0.4, 0.5) is 5.69 Å². The molecule has 0 aliphatic heterocycles. The highest BCUT2D eigenvalue weighted by molar-refractivity contribution is 7.98. The zero-order valence-electron chi connectivity index (χ0n) is 6.86. The molecule has 0 aliphatic rings. The molecule has 0 fully saturated rings. The zero-order valence-corrected chi connectivity index (χ0v) is 7.68. The first-order chi connectivity index (χ1) is 5.83. The van der Waals surface area contributed by atoms with Crippen LogP contribution in [0.25, 0.3) is 0 Å². The molecule has 3 N–H and O–H groups in total. The molecule has 3 heteroatoms. The lowest BCUT2D eigenvalue weighted by atomic mass is 10.2. The first-order valence-electron chi connectivity index (χ1n) is 3.86. The Morgan fingerprint density at radius 1 is 1.42 bits per heavy atom. The molecule has 0 unspecified atom stereocenters. The fourth-order valence-electron chi connectivity index (χ4n) is 0.937. The van der Waals surface area contributed by atoms with Gasteiger partial charge in [0.1, 0.15) is 0 Å². The van der Waals surface area contributed by atoms with Crippen LogP contribution in [0.2, 0.25) is 0 Å². The molecule has 0 heterocycles. The molecule has 66 valence electrons. The van der Waals surface area contributed by atoms with E-state index < -0.39 is 0 Å². The van der Waals surface area contributed by atoms with Gasteiger partial charge in [-0.25, -0.2) is 0 Å². The van der Waals surface area contributed by atoms with Crippen molar-refractivity contribution < 1.29 is 5.11 Å². The third-order valence-corrected chi connectivity index (χ3v) is 2.46. The zero-order chi connectivity index (χ0) is 8.81. The van der Waals surface area contributed by atoms with Crippen molar-refractivity contribution in [3.63, 3.8) is 0 Å². The number of thioether (sulfide) groups is 1. The second-order valence-corrected chi connectivity index (χ2v) is 3.63. The summed E-state index contributed by atoms with van der Waals surface area (Å²) in [4.78, 5) is 0. The lowest BCUT2D eigenvalue weighted by Crippen LogP contribution is -1.89. The highest BCUT2D eigenvalue weighted by atomic mass is 32.2. The molecule has 0 bridgehead atoms. The van der Waals surface area contributed by atoms with E-state index in [0.717, 1.165) is 17.2 Å². The van der Waals surface area contributed by atoms with Crippen LogP contribution in [-0.4, -0.2) is 17.5 Å². The number of hydrogen-bond donors (Lipinski definition) is 2. The Morgan fingerprint density at radius 3 is 2.92 bits per heavy atom. The normalized spacial score (nSPS) is 10.1. The van der Waals surface area contributed by atoms with Crippen molar-refractivity contribution in [3.05, 3.63) is 29.8 Å². The van der Waals surface area contributed by atoms with Gasteiger partial charge in [0.25, 0.3) is 0 Å². The number of rotatable bonds is 4. The van der Waals surface area contributed by atoms with Crippen LogP contribution in [0.3, 0.4) is 0 Å². The van der Waals surface area contributed by atoms with E-state index in [9.17, 15) is 0 Å². The maximum atomic E-state index is 8.55. The lowest BCUT2D eigenvalue weighted by Gasteiger charge is -2.00. The summed E-state index contributed by atoms with van der Waals surface area (Å²) in [5.41, 5.74) is 7.62. The number of anilines is 1. The summed E-state index contributed by atoms with van der Waals surface area (Å²) >= 11 is 1.71. The Kier molecular flexibility index (Phi) is 3.97. The number of nitrogens with two attached hydrogens (primary N) is 1.